The molecule has 92 valence electrons. The Bertz CT molecular complexity index is 136. The van der Waals surface area contributed by atoms with E-state index in [2.05, 4.69) is 24.5 Å². The first-order valence-electron chi connectivity index (χ1n) is 5.67. The lowest BCUT2D eigenvalue weighted by Gasteiger charge is -2.22. The van der Waals surface area contributed by atoms with E-state index in [-0.39, 0.29) is 6.61 Å². The Balaban J connectivity index is 3.63. The lowest BCUT2D eigenvalue weighted by atomic mass is 10.1. The number of thiol groups is 1. The number of ether oxygens (including phenoxy) is 1. The van der Waals surface area contributed by atoms with Crippen LogP contribution in [-0.4, -0.2) is 55.7 Å². The minimum atomic E-state index is 0.227. The van der Waals surface area contributed by atoms with Gasteiger partial charge in [0.2, 0.25) is 0 Å². The van der Waals surface area contributed by atoms with E-state index < -0.39 is 0 Å². The fourth-order valence-electron chi connectivity index (χ4n) is 1.46. The number of aliphatic hydroxyl groups is 1. The Labute approximate surface area is 99.2 Å². The highest BCUT2D eigenvalue weighted by atomic mass is 32.1. The second-order valence-corrected chi connectivity index (χ2v) is 4.41. The topological polar surface area (TPSA) is 32.7 Å². The molecule has 0 bridgehead atoms. The minimum Gasteiger partial charge on any atom is -0.395 e. The van der Waals surface area contributed by atoms with E-state index in [9.17, 15) is 0 Å². The summed E-state index contributed by atoms with van der Waals surface area (Å²) >= 11 is 4.23. The first kappa shape index (κ1) is 15.2. The molecule has 0 radical (unpaired) electrons. The van der Waals surface area contributed by atoms with E-state index in [0.29, 0.717) is 5.92 Å². The van der Waals surface area contributed by atoms with Crippen LogP contribution >= 0.6 is 12.6 Å². The van der Waals surface area contributed by atoms with E-state index >= 15 is 0 Å². The lowest BCUT2D eigenvalue weighted by molar-refractivity contribution is 0.127. The van der Waals surface area contributed by atoms with Gasteiger partial charge in [-0.05, 0) is 31.1 Å². The van der Waals surface area contributed by atoms with Crippen molar-refractivity contribution in [3.05, 3.63) is 0 Å². The van der Waals surface area contributed by atoms with Crippen molar-refractivity contribution in [2.45, 2.75) is 19.8 Å². The Morgan fingerprint density at radius 1 is 1.27 bits per heavy atom. The summed E-state index contributed by atoms with van der Waals surface area (Å²) in [5, 5.41) is 8.91. The van der Waals surface area contributed by atoms with Crippen LogP contribution in [0.25, 0.3) is 0 Å². The van der Waals surface area contributed by atoms with Gasteiger partial charge in [0.1, 0.15) is 0 Å². The quantitative estimate of drug-likeness (QED) is 0.560. The van der Waals surface area contributed by atoms with Crippen LogP contribution in [0.2, 0.25) is 0 Å². The van der Waals surface area contributed by atoms with Crippen LogP contribution in [-0.2, 0) is 4.74 Å². The molecule has 0 amide bonds. The Morgan fingerprint density at radius 3 is 2.53 bits per heavy atom. The molecule has 0 saturated heterocycles. The third-order valence-electron chi connectivity index (χ3n) is 2.59. The smallest absolute Gasteiger partial charge is 0.0589 e. The monoisotopic (exact) mass is 235 g/mol. The normalized spacial score (nSPS) is 13.4. The van der Waals surface area contributed by atoms with Crippen LogP contribution < -0.4 is 0 Å². The molecule has 1 atom stereocenters. The standard InChI is InChI=1S/C11H25NO2S/c1-11(4-10-15)3-5-12(6-8-13)7-9-14-2/h11,13,15H,3-10H2,1-2H3. The SMILES string of the molecule is COCCN(CCO)CCC(C)CCS. The van der Waals surface area contributed by atoms with Crippen LogP contribution in [0.1, 0.15) is 19.8 Å². The fraction of sp³-hybridized carbons (Fsp3) is 1.00. The second kappa shape index (κ2) is 10.7. The van der Waals surface area contributed by atoms with Crippen molar-refractivity contribution in [1.29, 1.82) is 0 Å². The number of rotatable bonds is 10. The van der Waals surface area contributed by atoms with Crippen LogP contribution in [0, 0.1) is 5.92 Å². The van der Waals surface area contributed by atoms with Gasteiger partial charge in [0, 0.05) is 20.2 Å². The Kier molecular flexibility index (Phi) is 10.9. The second-order valence-electron chi connectivity index (χ2n) is 3.96. The van der Waals surface area contributed by atoms with Gasteiger partial charge in [-0.3, -0.25) is 4.90 Å². The molecule has 0 spiro atoms. The number of hydrogen-bond acceptors (Lipinski definition) is 4. The largest absolute Gasteiger partial charge is 0.395 e. The van der Waals surface area contributed by atoms with Crippen molar-refractivity contribution in [2.24, 2.45) is 5.92 Å². The average Bonchev–Trinajstić information content (AvgIpc) is 2.22. The zero-order valence-corrected chi connectivity index (χ0v) is 10.9. The van der Waals surface area contributed by atoms with Gasteiger partial charge in [0.05, 0.1) is 13.2 Å². The lowest BCUT2D eigenvalue weighted by Crippen LogP contribution is -2.32. The van der Waals surface area contributed by atoms with Crippen LogP contribution in [0.4, 0.5) is 0 Å². The van der Waals surface area contributed by atoms with Gasteiger partial charge in [-0.1, -0.05) is 6.92 Å². The molecule has 0 fully saturated rings. The summed E-state index contributed by atoms with van der Waals surface area (Å²) in [7, 11) is 1.71. The molecule has 0 saturated carbocycles. The summed E-state index contributed by atoms with van der Waals surface area (Å²) in [6.07, 6.45) is 2.34. The van der Waals surface area contributed by atoms with Gasteiger partial charge in [0.15, 0.2) is 0 Å². The first-order valence-corrected chi connectivity index (χ1v) is 6.30. The molecule has 1 N–H and O–H groups in total. The van der Waals surface area contributed by atoms with E-state index in [0.717, 1.165) is 32.0 Å². The van der Waals surface area contributed by atoms with Crippen molar-refractivity contribution >= 4 is 12.6 Å². The maximum Gasteiger partial charge on any atom is 0.0589 e. The van der Waals surface area contributed by atoms with E-state index in [4.69, 9.17) is 9.84 Å². The summed E-state index contributed by atoms with van der Waals surface area (Å²) in [4.78, 5) is 2.25. The minimum absolute atomic E-state index is 0.227. The first-order chi connectivity index (χ1) is 7.24. The van der Waals surface area contributed by atoms with E-state index in [1.54, 1.807) is 7.11 Å². The molecule has 0 rings (SSSR count). The zero-order valence-electron chi connectivity index (χ0n) is 9.98. The Morgan fingerprint density at radius 2 is 2.00 bits per heavy atom. The number of methoxy groups -OCH3 is 1. The highest BCUT2D eigenvalue weighted by Gasteiger charge is 2.07. The maximum atomic E-state index is 8.91. The zero-order chi connectivity index (χ0) is 11.5. The summed E-state index contributed by atoms with van der Waals surface area (Å²) < 4.78 is 5.04. The van der Waals surface area contributed by atoms with Crippen molar-refractivity contribution in [2.75, 3.05) is 45.7 Å². The summed E-state index contributed by atoms with van der Waals surface area (Å²) in [6, 6.07) is 0. The highest BCUT2D eigenvalue weighted by Crippen LogP contribution is 2.09. The molecule has 3 nitrogen and oxygen atoms in total. The van der Waals surface area contributed by atoms with Gasteiger partial charge < -0.3 is 9.84 Å². The number of hydrogen-bond donors (Lipinski definition) is 2. The van der Waals surface area contributed by atoms with Crippen LogP contribution in [0.15, 0.2) is 0 Å². The predicted octanol–water partition coefficient (Wildman–Crippen LogP) is 1.27. The van der Waals surface area contributed by atoms with Crippen LogP contribution in [0.3, 0.4) is 0 Å². The summed E-state index contributed by atoms with van der Waals surface area (Å²) in [6.45, 7) is 5.91. The third-order valence-corrected chi connectivity index (χ3v) is 2.85. The Hall–Kier alpha value is 0.230. The molecule has 0 heterocycles. The van der Waals surface area contributed by atoms with Gasteiger partial charge >= 0.3 is 0 Å². The number of aliphatic hydroxyl groups excluding tert-OH is 1. The van der Waals surface area contributed by atoms with Gasteiger partial charge in [-0.15, -0.1) is 0 Å². The number of nitrogens with zero attached hydrogens (tertiary/aromatic N) is 1. The molecular formula is C11H25NO2S. The molecular weight excluding hydrogens is 210 g/mol. The van der Waals surface area contributed by atoms with Crippen molar-refractivity contribution in [3.8, 4) is 0 Å². The molecule has 0 aromatic heterocycles. The molecule has 4 heteroatoms. The van der Waals surface area contributed by atoms with E-state index in [1.807, 2.05) is 0 Å². The third kappa shape index (κ3) is 9.18. The molecule has 15 heavy (non-hydrogen) atoms. The maximum absolute atomic E-state index is 8.91. The molecule has 1 unspecified atom stereocenters. The molecule has 0 aliphatic rings. The van der Waals surface area contributed by atoms with Gasteiger partial charge in [-0.25, -0.2) is 0 Å². The highest BCUT2D eigenvalue weighted by molar-refractivity contribution is 7.80. The van der Waals surface area contributed by atoms with Crippen LogP contribution in [0.5, 0.6) is 0 Å². The molecule has 0 aliphatic heterocycles. The van der Waals surface area contributed by atoms with Crippen molar-refractivity contribution in [3.63, 3.8) is 0 Å². The van der Waals surface area contributed by atoms with Gasteiger partial charge in [-0.2, -0.15) is 12.6 Å². The molecule has 0 aromatic rings. The summed E-state index contributed by atoms with van der Waals surface area (Å²) in [5.41, 5.74) is 0. The predicted molar refractivity (Wildman–Crippen MR) is 67.7 cm³/mol. The fourth-order valence-corrected chi connectivity index (χ4v) is 1.91. The molecule has 0 aromatic carbocycles. The van der Waals surface area contributed by atoms with Crippen molar-refractivity contribution < 1.29 is 9.84 Å². The summed E-state index contributed by atoms with van der Waals surface area (Å²) in [5.74, 6) is 1.67. The van der Waals surface area contributed by atoms with Crippen molar-refractivity contribution in [1.82, 2.24) is 4.90 Å². The van der Waals surface area contributed by atoms with Gasteiger partial charge in [0.25, 0.3) is 0 Å². The molecule has 0 aliphatic carbocycles. The average molecular weight is 235 g/mol. The van der Waals surface area contributed by atoms with E-state index in [1.165, 1.54) is 12.8 Å².